The second-order valence-electron chi connectivity index (χ2n) is 7.56. The van der Waals surface area contributed by atoms with E-state index in [1.807, 2.05) is 18.3 Å². The van der Waals surface area contributed by atoms with E-state index in [1.165, 1.54) is 54.4 Å². The van der Waals surface area contributed by atoms with Crippen LogP contribution in [0.25, 0.3) is 10.2 Å². The maximum atomic E-state index is 12.3. The Hall–Kier alpha value is -1.69. The smallest absolute Gasteiger partial charge is 0.223 e. The third-order valence-corrected chi connectivity index (χ3v) is 6.80. The molecule has 26 heavy (non-hydrogen) atoms. The minimum atomic E-state index is 0.223. The summed E-state index contributed by atoms with van der Waals surface area (Å²) in [6, 6.07) is 0. The Morgan fingerprint density at radius 3 is 2.73 bits per heavy atom. The third kappa shape index (κ3) is 3.70. The first-order valence-electron chi connectivity index (χ1n) is 10.0. The van der Waals surface area contributed by atoms with Crippen LogP contribution in [0.2, 0.25) is 0 Å². The van der Waals surface area contributed by atoms with Crippen molar-refractivity contribution in [2.24, 2.45) is 5.92 Å². The molecule has 2 aliphatic rings. The lowest BCUT2D eigenvalue weighted by atomic mass is 9.89. The number of hydrogen-bond donors (Lipinski definition) is 2. The van der Waals surface area contributed by atoms with Crippen LogP contribution in [0.15, 0.2) is 0 Å². The van der Waals surface area contributed by atoms with Crippen molar-refractivity contribution in [2.45, 2.75) is 64.7 Å². The molecule has 2 aliphatic carbocycles. The van der Waals surface area contributed by atoms with Crippen molar-refractivity contribution in [1.82, 2.24) is 15.3 Å². The van der Waals surface area contributed by atoms with Crippen LogP contribution in [0, 0.1) is 12.8 Å². The summed E-state index contributed by atoms with van der Waals surface area (Å²) in [7, 11) is 0. The molecular weight excluding hydrogens is 344 g/mol. The van der Waals surface area contributed by atoms with E-state index < -0.39 is 0 Å². The molecule has 0 saturated heterocycles. The van der Waals surface area contributed by atoms with Gasteiger partial charge in [-0.15, -0.1) is 11.3 Å². The number of fused-ring (bicyclic) bond motifs is 3. The monoisotopic (exact) mass is 372 g/mol. The lowest BCUT2D eigenvalue weighted by molar-refractivity contribution is -0.125. The standard InChI is InChI=1S/C20H28N4OS/c1-13-23-18(17-15-9-5-6-10-16(15)26-20(17)24-13)21-11-12-22-19(25)14-7-3-2-4-8-14/h14H,2-12H2,1H3,(H,22,25)(H,21,23,24). The van der Waals surface area contributed by atoms with Crippen LogP contribution in [0.1, 0.15) is 61.2 Å². The molecule has 0 aliphatic heterocycles. The molecule has 140 valence electrons. The van der Waals surface area contributed by atoms with Gasteiger partial charge in [0.1, 0.15) is 16.5 Å². The predicted octanol–water partition coefficient (Wildman–Crippen LogP) is 3.99. The van der Waals surface area contributed by atoms with Gasteiger partial charge in [-0.3, -0.25) is 4.79 Å². The van der Waals surface area contributed by atoms with Crippen molar-refractivity contribution in [3.05, 3.63) is 16.3 Å². The highest BCUT2D eigenvalue weighted by Crippen LogP contribution is 2.38. The fourth-order valence-corrected chi connectivity index (χ4v) is 5.57. The Bertz CT molecular complexity index is 795. The number of hydrogen-bond acceptors (Lipinski definition) is 5. The molecule has 1 saturated carbocycles. The molecule has 0 radical (unpaired) electrons. The van der Waals surface area contributed by atoms with Gasteiger partial charge in [-0.2, -0.15) is 0 Å². The van der Waals surface area contributed by atoms with Crippen LogP contribution in [0.3, 0.4) is 0 Å². The minimum absolute atomic E-state index is 0.223. The Morgan fingerprint density at radius 2 is 1.88 bits per heavy atom. The number of thiophene rings is 1. The van der Waals surface area contributed by atoms with Gasteiger partial charge >= 0.3 is 0 Å². The molecule has 2 aromatic rings. The molecule has 5 nitrogen and oxygen atoms in total. The van der Waals surface area contributed by atoms with E-state index in [0.717, 1.165) is 35.7 Å². The van der Waals surface area contributed by atoms with Gasteiger partial charge in [0, 0.05) is 23.9 Å². The lowest BCUT2D eigenvalue weighted by Gasteiger charge is -2.20. The molecule has 6 heteroatoms. The zero-order valence-electron chi connectivity index (χ0n) is 15.6. The minimum Gasteiger partial charge on any atom is -0.368 e. The van der Waals surface area contributed by atoms with Crippen LogP contribution >= 0.6 is 11.3 Å². The average Bonchev–Trinajstić information content (AvgIpc) is 3.03. The second kappa shape index (κ2) is 7.91. The number of aryl methyl sites for hydroxylation is 3. The normalized spacial score (nSPS) is 17.9. The number of rotatable bonds is 5. The molecule has 0 atom stereocenters. The van der Waals surface area contributed by atoms with Crippen molar-refractivity contribution in [1.29, 1.82) is 0 Å². The highest BCUT2D eigenvalue weighted by atomic mass is 32.1. The molecule has 2 aromatic heterocycles. The van der Waals surface area contributed by atoms with E-state index in [2.05, 4.69) is 20.6 Å². The third-order valence-electron chi connectivity index (χ3n) is 5.62. The van der Waals surface area contributed by atoms with Gasteiger partial charge in [0.2, 0.25) is 5.91 Å². The number of anilines is 1. The molecule has 0 aromatic carbocycles. The van der Waals surface area contributed by atoms with Gasteiger partial charge in [-0.05, 0) is 51.0 Å². The van der Waals surface area contributed by atoms with Crippen LogP contribution in [0.4, 0.5) is 5.82 Å². The topological polar surface area (TPSA) is 66.9 Å². The number of aromatic nitrogens is 2. The quantitative estimate of drug-likeness (QED) is 0.779. The average molecular weight is 373 g/mol. The second-order valence-corrected chi connectivity index (χ2v) is 8.65. The number of amides is 1. The lowest BCUT2D eigenvalue weighted by Crippen LogP contribution is -2.35. The van der Waals surface area contributed by atoms with E-state index >= 15 is 0 Å². The van der Waals surface area contributed by atoms with Gasteiger partial charge in [0.25, 0.3) is 0 Å². The maximum Gasteiger partial charge on any atom is 0.223 e. The van der Waals surface area contributed by atoms with Gasteiger partial charge in [0.05, 0.1) is 5.39 Å². The van der Waals surface area contributed by atoms with Crippen molar-refractivity contribution < 1.29 is 4.79 Å². The molecule has 0 spiro atoms. The number of carbonyl (C=O) groups is 1. The summed E-state index contributed by atoms with van der Waals surface area (Å²) in [5.74, 6) is 2.20. The van der Waals surface area contributed by atoms with Crippen LogP contribution < -0.4 is 10.6 Å². The van der Waals surface area contributed by atoms with E-state index in [0.29, 0.717) is 13.1 Å². The summed E-state index contributed by atoms with van der Waals surface area (Å²) < 4.78 is 0. The molecule has 2 heterocycles. The number of nitrogens with one attached hydrogen (secondary N) is 2. The zero-order chi connectivity index (χ0) is 17.9. The first-order chi connectivity index (χ1) is 12.7. The fraction of sp³-hybridized carbons (Fsp3) is 0.650. The molecule has 2 N–H and O–H groups in total. The zero-order valence-corrected chi connectivity index (χ0v) is 16.4. The van der Waals surface area contributed by atoms with Crippen molar-refractivity contribution in [3.8, 4) is 0 Å². The maximum absolute atomic E-state index is 12.3. The Labute approximate surface area is 159 Å². The van der Waals surface area contributed by atoms with E-state index in [-0.39, 0.29) is 11.8 Å². The highest BCUT2D eigenvalue weighted by molar-refractivity contribution is 7.19. The number of carbonyl (C=O) groups excluding carboxylic acids is 1. The molecular formula is C20H28N4OS. The Kier molecular flexibility index (Phi) is 5.38. The first kappa shape index (κ1) is 17.7. The van der Waals surface area contributed by atoms with Crippen molar-refractivity contribution >= 4 is 33.3 Å². The van der Waals surface area contributed by atoms with Crippen LogP contribution in [-0.4, -0.2) is 29.0 Å². The molecule has 0 bridgehead atoms. The Morgan fingerprint density at radius 1 is 1.08 bits per heavy atom. The molecule has 0 unspecified atom stereocenters. The molecule has 1 fully saturated rings. The Balaban J connectivity index is 1.40. The summed E-state index contributed by atoms with van der Waals surface area (Å²) >= 11 is 1.83. The summed E-state index contributed by atoms with van der Waals surface area (Å²) in [6.07, 6.45) is 10.6. The van der Waals surface area contributed by atoms with Crippen LogP contribution in [0.5, 0.6) is 0 Å². The SMILES string of the molecule is Cc1nc(NCCNC(=O)C2CCCCC2)c2c3c(sc2n1)CCCC3. The summed E-state index contributed by atoms with van der Waals surface area (Å²) in [4.78, 5) is 24.2. The van der Waals surface area contributed by atoms with E-state index in [4.69, 9.17) is 0 Å². The predicted molar refractivity (Wildman–Crippen MR) is 107 cm³/mol. The number of nitrogens with zero attached hydrogens (tertiary/aromatic N) is 2. The summed E-state index contributed by atoms with van der Waals surface area (Å²) in [6.45, 7) is 3.30. The van der Waals surface area contributed by atoms with Gasteiger partial charge in [-0.1, -0.05) is 19.3 Å². The van der Waals surface area contributed by atoms with Crippen molar-refractivity contribution in [3.63, 3.8) is 0 Å². The summed E-state index contributed by atoms with van der Waals surface area (Å²) in [5, 5.41) is 7.78. The highest BCUT2D eigenvalue weighted by Gasteiger charge is 2.22. The first-order valence-corrected chi connectivity index (χ1v) is 10.8. The van der Waals surface area contributed by atoms with Crippen LogP contribution in [-0.2, 0) is 17.6 Å². The fourth-order valence-electron chi connectivity index (χ4n) is 4.27. The van der Waals surface area contributed by atoms with Crippen molar-refractivity contribution in [2.75, 3.05) is 18.4 Å². The van der Waals surface area contributed by atoms with Gasteiger partial charge in [-0.25, -0.2) is 9.97 Å². The molecule has 4 rings (SSSR count). The summed E-state index contributed by atoms with van der Waals surface area (Å²) in [5.41, 5.74) is 1.45. The molecule has 1 amide bonds. The largest absolute Gasteiger partial charge is 0.368 e. The van der Waals surface area contributed by atoms with E-state index in [1.54, 1.807) is 0 Å². The van der Waals surface area contributed by atoms with Gasteiger partial charge < -0.3 is 10.6 Å². The van der Waals surface area contributed by atoms with E-state index in [9.17, 15) is 4.79 Å². The van der Waals surface area contributed by atoms with Gasteiger partial charge in [0.15, 0.2) is 0 Å².